The molecule has 0 fully saturated rings. The molecular weight excluding hydrogens is 196 g/mol. The maximum atomic E-state index is 11.2. The molecule has 0 aliphatic heterocycles. The number of carbonyl (C=O) groups is 2. The highest BCUT2D eigenvalue weighted by Crippen LogP contribution is 1.95. The standard InChI is InChI=1S/C10H20N2O3/c1-7(2)4-5-11-9(13)6-12-8(3)10(14)15/h7-8,12H,4-6H2,1-3H3,(H,11,13)(H,14,15)/t8-/m0/s1. The Kier molecular flexibility index (Phi) is 6.70. The fourth-order valence-corrected chi connectivity index (χ4v) is 0.896. The SMILES string of the molecule is CC(C)CCNC(=O)CN[C@@H](C)C(=O)O. The van der Waals surface area contributed by atoms with E-state index in [1.807, 2.05) is 0 Å². The molecule has 88 valence electrons. The molecule has 1 amide bonds. The molecule has 0 aliphatic carbocycles. The van der Waals surface area contributed by atoms with Gasteiger partial charge in [-0.3, -0.25) is 14.9 Å². The van der Waals surface area contributed by atoms with Crippen molar-refractivity contribution < 1.29 is 14.7 Å². The monoisotopic (exact) mass is 216 g/mol. The Bertz CT molecular complexity index is 217. The van der Waals surface area contributed by atoms with Crippen LogP contribution in [0.1, 0.15) is 27.2 Å². The normalized spacial score (nSPS) is 12.5. The number of carboxylic acid groups (broad SMARTS) is 1. The van der Waals surface area contributed by atoms with E-state index in [-0.39, 0.29) is 12.5 Å². The third kappa shape index (κ3) is 7.93. The summed E-state index contributed by atoms with van der Waals surface area (Å²) in [6, 6.07) is -0.694. The Morgan fingerprint density at radius 3 is 2.33 bits per heavy atom. The van der Waals surface area contributed by atoms with Gasteiger partial charge in [0, 0.05) is 6.54 Å². The zero-order chi connectivity index (χ0) is 11.8. The van der Waals surface area contributed by atoms with Gasteiger partial charge in [-0.15, -0.1) is 0 Å². The molecule has 0 aromatic rings. The van der Waals surface area contributed by atoms with E-state index in [2.05, 4.69) is 24.5 Å². The summed E-state index contributed by atoms with van der Waals surface area (Å²) in [6.07, 6.45) is 0.931. The fraction of sp³-hybridized carbons (Fsp3) is 0.800. The second-order valence-electron chi connectivity index (χ2n) is 3.97. The van der Waals surface area contributed by atoms with Crippen molar-refractivity contribution >= 4 is 11.9 Å². The van der Waals surface area contributed by atoms with E-state index in [1.165, 1.54) is 6.92 Å². The van der Waals surface area contributed by atoms with E-state index < -0.39 is 12.0 Å². The van der Waals surface area contributed by atoms with Crippen LogP contribution in [0.5, 0.6) is 0 Å². The number of nitrogens with one attached hydrogen (secondary N) is 2. The van der Waals surface area contributed by atoms with Crippen LogP contribution < -0.4 is 10.6 Å². The van der Waals surface area contributed by atoms with Gasteiger partial charge in [-0.1, -0.05) is 13.8 Å². The van der Waals surface area contributed by atoms with Gasteiger partial charge in [0.05, 0.1) is 6.54 Å². The minimum atomic E-state index is -0.954. The quantitative estimate of drug-likeness (QED) is 0.568. The molecule has 0 saturated carbocycles. The maximum absolute atomic E-state index is 11.2. The van der Waals surface area contributed by atoms with Crippen molar-refractivity contribution in [2.75, 3.05) is 13.1 Å². The molecule has 0 aliphatic rings. The molecule has 0 heterocycles. The van der Waals surface area contributed by atoms with E-state index in [4.69, 9.17) is 5.11 Å². The van der Waals surface area contributed by atoms with Gasteiger partial charge in [0.25, 0.3) is 0 Å². The molecule has 0 spiro atoms. The smallest absolute Gasteiger partial charge is 0.320 e. The lowest BCUT2D eigenvalue weighted by molar-refractivity contribution is -0.139. The Balaban J connectivity index is 3.53. The predicted octanol–water partition coefficient (Wildman–Crippen LogP) is 0.211. The summed E-state index contributed by atoms with van der Waals surface area (Å²) in [5.74, 6) is -0.565. The molecule has 0 radical (unpaired) electrons. The van der Waals surface area contributed by atoms with Crippen LogP contribution in [0.4, 0.5) is 0 Å². The number of carbonyl (C=O) groups excluding carboxylic acids is 1. The van der Waals surface area contributed by atoms with Gasteiger partial charge < -0.3 is 10.4 Å². The Morgan fingerprint density at radius 2 is 1.87 bits per heavy atom. The first-order chi connectivity index (χ1) is 6.93. The minimum Gasteiger partial charge on any atom is -0.480 e. The molecule has 0 aromatic heterocycles. The van der Waals surface area contributed by atoms with Crippen LogP contribution in [0.25, 0.3) is 0 Å². The average Bonchev–Trinajstić information content (AvgIpc) is 2.13. The van der Waals surface area contributed by atoms with E-state index in [9.17, 15) is 9.59 Å². The summed E-state index contributed by atoms with van der Waals surface area (Å²) in [5, 5.41) is 13.9. The average molecular weight is 216 g/mol. The lowest BCUT2D eigenvalue weighted by Gasteiger charge is -2.10. The number of hydrogen-bond donors (Lipinski definition) is 3. The minimum absolute atomic E-state index is 0.0472. The van der Waals surface area contributed by atoms with Crippen LogP contribution in [0, 0.1) is 5.92 Å². The van der Waals surface area contributed by atoms with E-state index in [1.54, 1.807) is 0 Å². The summed E-state index contributed by atoms with van der Waals surface area (Å²) >= 11 is 0. The van der Waals surface area contributed by atoms with Gasteiger partial charge in [-0.05, 0) is 19.3 Å². The summed E-state index contributed by atoms with van der Waals surface area (Å²) in [5.41, 5.74) is 0. The third-order valence-corrected chi connectivity index (χ3v) is 1.98. The van der Waals surface area contributed by atoms with Gasteiger partial charge in [0.1, 0.15) is 6.04 Å². The topological polar surface area (TPSA) is 78.4 Å². The van der Waals surface area contributed by atoms with Gasteiger partial charge in [-0.25, -0.2) is 0 Å². The Morgan fingerprint density at radius 1 is 1.27 bits per heavy atom. The zero-order valence-corrected chi connectivity index (χ0v) is 9.54. The molecule has 1 atom stereocenters. The van der Waals surface area contributed by atoms with Crippen LogP contribution in [0.15, 0.2) is 0 Å². The summed E-state index contributed by atoms with van der Waals surface area (Å²) < 4.78 is 0. The number of amides is 1. The molecule has 0 rings (SSSR count). The lowest BCUT2D eigenvalue weighted by atomic mass is 10.1. The Labute approximate surface area is 90.2 Å². The second-order valence-corrected chi connectivity index (χ2v) is 3.97. The molecule has 0 bridgehead atoms. The third-order valence-electron chi connectivity index (χ3n) is 1.98. The highest BCUT2D eigenvalue weighted by molar-refractivity contribution is 5.79. The molecule has 15 heavy (non-hydrogen) atoms. The van der Waals surface area contributed by atoms with Gasteiger partial charge in [0.15, 0.2) is 0 Å². The van der Waals surface area contributed by atoms with E-state index in [0.717, 1.165) is 6.42 Å². The Hall–Kier alpha value is -1.10. The predicted molar refractivity (Wildman–Crippen MR) is 57.6 cm³/mol. The van der Waals surface area contributed by atoms with Crippen molar-refractivity contribution in [3.05, 3.63) is 0 Å². The van der Waals surface area contributed by atoms with Crippen LogP contribution in [-0.2, 0) is 9.59 Å². The van der Waals surface area contributed by atoms with E-state index >= 15 is 0 Å². The van der Waals surface area contributed by atoms with Crippen molar-refractivity contribution in [2.24, 2.45) is 5.92 Å². The van der Waals surface area contributed by atoms with Crippen molar-refractivity contribution in [1.29, 1.82) is 0 Å². The number of aliphatic carboxylic acids is 1. The summed E-state index contributed by atoms with van der Waals surface area (Å²) in [6.45, 7) is 6.35. The van der Waals surface area contributed by atoms with Crippen LogP contribution >= 0.6 is 0 Å². The van der Waals surface area contributed by atoms with Crippen molar-refractivity contribution in [1.82, 2.24) is 10.6 Å². The van der Waals surface area contributed by atoms with Crippen LogP contribution in [-0.4, -0.2) is 36.1 Å². The van der Waals surface area contributed by atoms with Gasteiger partial charge in [-0.2, -0.15) is 0 Å². The molecule has 3 N–H and O–H groups in total. The van der Waals surface area contributed by atoms with Crippen molar-refractivity contribution in [3.8, 4) is 0 Å². The second kappa shape index (κ2) is 7.23. The fourth-order valence-electron chi connectivity index (χ4n) is 0.896. The van der Waals surface area contributed by atoms with Crippen LogP contribution in [0.2, 0.25) is 0 Å². The largest absolute Gasteiger partial charge is 0.480 e. The van der Waals surface area contributed by atoms with Crippen LogP contribution in [0.3, 0.4) is 0 Å². The summed E-state index contributed by atoms with van der Waals surface area (Å²) in [7, 11) is 0. The number of rotatable bonds is 7. The van der Waals surface area contributed by atoms with Crippen molar-refractivity contribution in [3.63, 3.8) is 0 Å². The lowest BCUT2D eigenvalue weighted by Crippen LogP contribution is -2.41. The first-order valence-corrected chi connectivity index (χ1v) is 5.16. The van der Waals surface area contributed by atoms with Gasteiger partial charge >= 0.3 is 5.97 Å². The first kappa shape index (κ1) is 13.9. The molecule has 0 unspecified atom stereocenters. The number of carboxylic acids is 1. The molecule has 5 nitrogen and oxygen atoms in total. The first-order valence-electron chi connectivity index (χ1n) is 5.16. The molecule has 0 saturated heterocycles. The maximum Gasteiger partial charge on any atom is 0.320 e. The van der Waals surface area contributed by atoms with Crippen molar-refractivity contribution in [2.45, 2.75) is 33.2 Å². The summed E-state index contributed by atoms with van der Waals surface area (Å²) in [4.78, 5) is 21.6. The highest BCUT2D eigenvalue weighted by Gasteiger charge is 2.11. The zero-order valence-electron chi connectivity index (χ0n) is 9.54. The molecular formula is C10H20N2O3. The number of hydrogen-bond acceptors (Lipinski definition) is 3. The highest BCUT2D eigenvalue weighted by atomic mass is 16.4. The van der Waals surface area contributed by atoms with Gasteiger partial charge in [0.2, 0.25) is 5.91 Å². The molecule has 5 heteroatoms. The van der Waals surface area contributed by atoms with E-state index in [0.29, 0.717) is 12.5 Å². The molecule has 0 aromatic carbocycles.